The van der Waals surface area contributed by atoms with E-state index in [0.717, 1.165) is 49.7 Å². The van der Waals surface area contributed by atoms with E-state index in [0.29, 0.717) is 0 Å². The Hall–Kier alpha value is -6.06. The summed E-state index contributed by atoms with van der Waals surface area (Å²) in [7, 11) is 0. The Labute approximate surface area is 276 Å². The van der Waals surface area contributed by atoms with Gasteiger partial charge in [-0.05, 0) is 82.9 Å². The average molecular weight is 615 g/mol. The van der Waals surface area contributed by atoms with Gasteiger partial charge in [-0.1, -0.05) is 98.8 Å². The van der Waals surface area contributed by atoms with E-state index in [1.54, 1.807) is 0 Å². The number of hydrogen-bond donors (Lipinski definition) is 0. The number of aromatic nitrogens is 2. The van der Waals surface area contributed by atoms with Gasteiger partial charge < -0.3 is 13.6 Å². The Morgan fingerprint density at radius 2 is 1.02 bits per heavy atom. The highest BCUT2D eigenvalue weighted by Gasteiger charge is 2.35. The standard InChI is InChI=1S/C45H30N2O/c1-45(2)36-15-7-3-11-29(36)30-21-19-28(26-37(30)45)47-40-23-20-27(46-38-16-8-4-12-31(38)32-13-5-9-17-39(32)46)25-35(40)43-41(47)24-22-34-33-14-6-10-18-42(33)48-44(34)43/h3-26H,1-2H3. The zero-order valence-electron chi connectivity index (χ0n) is 26.7. The molecule has 0 saturated heterocycles. The molecule has 0 fully saturated rings. The van der Waals surface area contributed by atoms with Crippen molar-refractivity contribution in [3.8, 4) is 22.5 Å². The fourth-order valence-electron chi connectivity index (χ4n) is 8.72. The number of hydrogen-bond acceptors (Lipinski definition) is 1. The zero-order valence-corrected chi connectivity index (χ0v) is 26.7. The predicted octanol–water partition coefficient (Wildman–Crippen LogP) is 12.1. The maximum absolute atomic E-state index is 6.72. The van der Waals surface area contributed by atoms with Crippen molar-refractivity contribution in [3.63, 3.8) is 0 Å². The lowest BCUT2D eigenvalue weighted by atomic mass is 9.82. The van der Waals surface area contributed by atoms with Crippen molar-refractivity contribution < 1.29 is 4.42 Å². The molecule has 3 heterocycles. The van der Waals surface area contributed by atoms with Gasteiger partial charge in [0.15, 0.2) is 0 Å². The minimum atomic E-state index is -0.0869. The van der Waals surface area contributed by atoms with Crippen LogP contribution in [0.3, 0.4) is 0 Å². The van der Waals surface area contributed by atoms with E-state index in [4.69, 9.17) is 4.42 Å². The van der Waals surface area contributed by atoms with Crippen LogP contribution in [-0.2, 0) is 5.41 Å². The van der Waals surface area contributed by atoms with E-state index in [1.165, 1.54) is 49.4 Å². The summed E-state index contributed by atoms with van der Waals surface area (Å²) < 4.78 is 11.6. The van der Waals surface area contributed by atoms with Crippen LogP contribution in [0.1, 0.15) is 25.0 Å². The Morgan fingerprint density at radius 3 is 1.83 bits per heavy atom. The van der Waals surface area contributed by atoms with Crippen LogP contribution in [-0.4, -0.2) is 9.13 Å². The monoisotopic (exact) mass is 614 g/mol. The number of fused-ring (bicyclic) bond motifs is 13. The van der Waals surface area contributed by atoms with Crippen LogP contribution in [0.2, 0.25) is 0 Å². The quantitative estimate of drug-likeness (QED) is 0.190. The molecule has 3 aromatic heterocycles. The molecule has 0 radical (unpaired) electrons. The number of benzene rings is 7. The lowest BCUT2D eigenvalue weighted by molar-refractivity contribution is 0.660. The van der Waals surface area contributed by atoms with Crippen LogP contribution in [0.25, 0.3) is 88.1 Å². The van der Waals surface area contributed by atoms with E-state index in [-0.39, 0.29) is 5.41 Å². The number of para-hydroxylation sites is 3. The van der Waals surface area contributed by atoms with Crippen molar-refractivity contribution in [1.82, 2.24) is 9.13 Å². The van der Waals surface area contributed by atoms with Crippen molar-refractivity contribution in [1.29, 1.82) is 0 Å². The molecule has 0 atom stereocenters. The van der Waals surface area contributed by atoms with Gasteiger partial charge in [0.25, 0.3) is 0 Å². The molecule has 0 saturated carbocycles. The third-order valence-electron chi connectivity index (χ3n) is 10.9. The molecule has 1 aliphatic carbocycles. The van der Waals surface area contributed by atoms with Crippen molar-refractivity contribution in [2.45, 2.75) is 19.3 Å². The molecule has 3 nitrogen and oxygen atoms in total. The highest BCUT2D eigenvalue weighted by Crippen LogP contribution is 2.50. The summed E-state index contributed by atoms with van der Waals surface area (Å²) in [6.45, 7) is 4.70. The largest absolute Gasteiger partial charge is 0.455 e. The van der Waals surface area contributed by atoms with E-state index in [1.807, 2.05) is 0 Å². The lowest BCUT2D eigenvalue weighted by Gasteiger charge is -2.22. The second-order valence-corrected chi connectivity index (χ2v) is 13.7. The fraction of sp³-hybridized carbons (Fsp3) is 0.0667. The minimum absolute atomic E-state index is 0.0869. The first kappa shape index (κ1) is 26.1. The number of nitrogens with zero attached hydrogens (tertiary/aromatic N) is 2. The Balaban J connectivity index is 1.25. The molecule has 0 unspecified atom stereocenters. The summed E-state index contributed by atoms with van der Waals surface area (Å²) >= 11 is 0. The first-order valence-electron chi connectivity index (χ1n) is 16.7. The van der Waals surface area contributed by atoms with Crippen molar-refractivity contribution >= 4 is 65.6 Å². The van der Waals surface area contributed by atoms with Crippen LogP contribution in [0.15, 0.2) is 150 Å². The second-order valence-electron chi connectivity index (χ2n) is 13.7. The van der Waals surface area contributed by atoms with E-state index in [2.05, 4.69) is 169 Å². The molecule has 0 spiro atoms. The summed E-state index contributed by atoms with van der Waals surface area (Å²) in [4.78, 5) is 0. The summed E-state index contributed by atoms with van der Waals surface area (Å²) in [5.41, 5.74) is 14.2. The molecule has 48 heavy (non-hydrogen) atoms. The summed E-state index contributed by atoms with van der Waals surface area (Å²) in [6, 6.07) is 53.2. The maximum atomic E-state index is 6.72. The van der Waals surface area contributed by atoms with Gasteiger partial charge in [0.2, 0.25) is 0 Å². The maximum Gasteiger partial charge on any atom is 0.145 e. The minimum Gasteiger partial charge on any atom is -0.455 e. The molecular weight excluding hydrogens is 585 g/mol. The van der Waals surface area contributed by atoms with Gasteiger partial charge in [-0.2, -0.15) is 0 Å². The summed E-state index contributed by atoms with van der Waals surface area (Å²) in [6.07, 6.45) is 0. The van der Waals surface area contributed by atoms with Crippen molar-refractivity contribution in [2.24, 2.45) is 0 Å². The molecule has 0 aliphatic heterocycles. The van der Waals surface area contributed by atoms with Gasteiger partial charge in [0.05, 0.1) is 27.5 Å². The SMILES string of the molecule is CC1(C)c2ccccc2-c2ccc(-n3c4ccc(-n5c6ccccc6c6ccccc65)cc4c4c5oc6ccccc6c5ccc43)cc21. The van der Waals surface area contributed by atoms with E-state index >= 15 is 0 Å². The molecule has 0 amide bonds. The molecular formula is C45H30N2O. The van der Waals surface area contributed by atoms with Gasteiger partial charge >= 0.3 is 0 Å². The van der Waals surface area contributed by atoms with Gasteiger partial charge in [0.1, 0.15) is 11.2 Å². The summed E-state index contributed by atoms with van der Waals surface area (Å²) in [5, 5.41) is 7.13. The topological polar surface area (TPSA) is 23.0 Å². The van der Waals surface area contributed by atoms with Crippen LogP contribution in [0.5, 0.6) is 0 Å². The van der Waals surface area contributed by atoms with Crippen molar-refractivity contribution in [2.75, 3.05) is 0 Å². The van der Waals surface area contributed by atoms with Gasteiger partial charge in [-0.25, -0.2) is 0 Å². The van der Waals surface area contributed by atoms with Crippen LogP contribution < -0.4 is 0 Å². The summed E-state index contributed by atoms with van der Waals surface area (Å²) in [5.74, 6) is 0. The Morgan fingerprint density at radius 1 is 0.438 bits per heavy atom. The van der Waals surface area contributed by atoms with Crippen LogP contribution in [0, 0.1) is 0 Å². The third-order valence-corrected chi connectivity index (χ3v) is 10.9. The number of rotatable bonds is 2. The van der Waals surface area contributed by atoms with Crippen LogP contribution in [0.4, 0.5) is 0 Å². The molecule has 226 valence electrons. The molecule has 11 rings (SSSR count). The molecule has 0 N–H and O–H groups in total. The van der Waals surface area contributed by atoms with E-state index in [9.17, 15) is 0 Å². The fourth-order valence-corrected chi connectivity index (χ4v) is 8.72. The zero-order chi connectivity index (χ0) is 31.7. The molecule has 3 heteroatoms. The first-order valence-corrected chi connectivity index (χ1v) is 16.7. The smallest absolute Gasteiger partial charge is 0.145 e. The van der Waals surface area contributed by atoms with Gasteiger partial charge in [0, 0.05) is 43.7 Å². The normalized spacial score (nSPS) is 13.8. The highest BCUT2D eigenvalue weighted by atomic mass is 16.3. The molecule has 10 aromatic rings. The highest BCUT2D eigenvalue weighted by molar-refractivity contribution is 6.24. The van der Waals surface area contributed by atoms with Gasteiger partial charge in [-0.15, -0.1) is 0 Å². The molecule has 0 bridgehead atoms. The van der Waals surface area contributed by atoms with Crippen molar-refractivity contribution in [3.05, 3.63) is 157 Å². The van der Waals surface area contributed by atoms with Gasteiger partial charge in [-0.3, -0.25) is 0 Å². The Kier molecular flexibility index (Phi) is 4.91. The lowest BCUT2D eigenvalue weighted by Crippen LogP contribution is -2.15. The average Bonchev–Trinajstić information content (AvgIpc) is 3.83. The second kappa shape index (κ2) is 9.05. The first-order chi connectivity index (χ1) is 23.6. The Bertz CT molecular complexity index is 2930. The van der Waals surface area contributed by atoms with E-state index < -0.39 is 0 Å². The van der Waals surface area contributed by atoms with Crippen LogP contribution >= 0.6 is 0 Å². The third kappa shape index (κ3) is 3.23. The number of furan rings is 1. The molecule has 1 aliphatic rings. The predicted molar refractivity (Wildman–Crippen MR) is 200 cm³/mol. The molecule has 7 aromatic carbocycles.